The van der Waals surface area contributed by atoms with Gasteiger partial charge >= 0.3 is 5.82 Å². The molecule has 3 heterocycles. The van der Waals surface area contributed by atoms with Gasteiger partial charge in [-0.05, 0) is 11.0 Å². The number of nitrogens with zero attached hydrogens (tertiary/aromatic N) is 5. The van der Waals surface area contributed by atoms with Crippen LogP contribution in [0.15, 0.2) is 24.4 Å². The second kappa shape index (κ2) is 6.63. The lowest BCUT2D eigenvalue weighted by Gasteiger charge is -2.34. The molecule has 2 aromatic rings. The standard InChI is InChI=1S/C14H19N5O3S/c1-23(22)11-10-16-6-8-17(9-7-16)13-14(19(20)21)18-5-3-2-4-12(18)15-13/h2-5H,6-11H2,1H3/t23-/m1/s1. The second-order valence-corrected chi connectivity index (χ2v) is 7.11. The molecular weight excluding hydrogens is 318 g/mol. The molecule has 0 spiro atoms. The van der Waals surface area contributed by atoms with Gasteiger partial charge in [-0.2, -0.15) is 9.38 Å². The maximum atomic E-state index is 11.5. The first-order valence-electron chi connectivity index (χ1n) is 7.45. The third-order valence-corrected chi connectivity index (χ3v) is 4.78. The Balaban J connectivity index is 1.78. The number of pyridine rings is 1. The van der Waals surface area contributed by atoms with Crippen LogP contribution in [0.3, 0.4) is 0 Å². The lowest BCUT2D eigenvalue weighted by Crippen LogP contribution is -2.47. The van der Waals surface area contributed by atoms with Crippen molar-refractivity contribution in [3.8, 4) is 0 Å². The molecule has 23 heavy (non-hydrogen) atoms. The molecule has 2 aromatic heterocycles. The van der Waals surface area contributed by atoms with E-state index in [0.29, 0.717) is 30.3 Å². The van der Waals surface area contributed by atoms with Crippen molar-refractivity contribution in [1.82, 2.24) is 14.3 Å². The number of anilines is 1. The van der Waals surface area contributed by atoms with Gasteiger partial charge in [0.15, 0.2) is 0 Å². The number of fused-ring (bicyclic) bond motifs is 1. The van der Waals surface area contributed by atoms with E-state index in [9.17, 15) is 14.3 Å². The van der Waals surface area contributed by atoms with Gasteiger partial charge < -0.3 is 15.0 Å². The number of piperazine rings is 1. The lowest BCUT2D eigenvalue weighted by atomic mass is 10.3. The van der Waals surface area contributed by atoms with Crippen LogP contribution in [0.25, 0.3) is 5.65 Å². The van der Waals surface area contributed by atoms with E-state index in [-0.39, 0.29) is 10.7 Å². The zero-order chi connectivity index (χ0) is 16.4. The van der Waals surface area contributed by atoms with E-state index >= 15 is 0 Å². The first kappa shape index (κ1) is 15.9. The van der Waals surface area contributed by atoms with E-state index < -0.39 is 10.8 Å². The van der Waals surface area contributed by atoms with E-state index in [2.05, 4.69) is 9.88 Å². The maximum absolute atomic E-state index is 11.5. The van der Waals surface area contributed by atoms with Crippen molar-refractivity contribution in [2.75, 3.05) is 49.6 Å². The molecule has 3 rings (SSSR count). The van der Waals surface area contributed by atoms with Crippen LogP contribution in [0.2, 0.25) is 0 Å². The van der Waals surface area contributed by atoms with Gasteiger partial charge in [-0.25, -0.2) is 0 Å². The van der Waals surface area contributed by atoms with Crippen molar-refractivity contribution in [2.45, 2.75) is 0 Å². The van der Waals surface area contributed by atoms with Crippen molar-refractivity contribution in [3.05, 3.63) is 34.5 Å². The number of hydrogen-bond acceptors (Lipinski definition) is 6. The van der Waals surface area contributed by atoms with Gasteiger partial charge in [0, 0.05) is 61.6 Å². The molecule has 1 saturated heterocycles. The Labute approximate surface area is 136 Å². The summed E-state index contributed by atoms with van der Waals surface area (Å²) in [4.78, 5) is 19.7. The first-order valence-corrected chi connectivity index (χ1v) is 9.18. The number of nitro groups is 1. The highest BCUT2D eigenvalue weighted by Crippen LogP contribution is 2.29. The quantitative estimate of drug-likeness (QED) is 0.591. The summed E-state index contributed by atoms with van der Waals surface area (Å²) >= 11 is 0. The molecular formula is C14H19N5O3S. The Morgan fingerprint density at radius 2 is 2.04 bits per heavy atom. The smallest absolute Gasteiger partial charge is 0.358 e. The molecule has 8 nitrogen and oxygen atoms in total. The summed E-state index contributed by atoms with van der Waals surface area (Å²) in [5, 5.41) is 11.5. The Morgan fingerprint density at radius 1 is 1.30 bits per heavy atom. The zero-order valence-corrected chi connectivity index (χ0v) is 13.7. The van der Waals surface area contributed by atoms with E-state index in [1.165, 1.54) is 4.40 Å². The summed E-state index contributed by atoms with van der Waals surface area (Å²) in [6.07, 6.45) is 3.37. The topological polar surface area (TPSA) is 84.0 Å². The molecule has 1 fully saturated rings. The summed E-state index contributed by atoms with van der Waals surface area (Å²) in [7, 11) is -0.793. The molecule has 9 heteroatoms. The van der Waals surface area contributed by atoms with Crippen molar-refractivity contribution < 1.29 is 9.13 Å². The second-order valence-electron chi connectivity index (χ2n) is 5.55. The van der Waals surface area contributed by atoms with Crippen LogP contribution in [-0.2, 0) is 10.8 Å². The fourth-order valence-electron chi connectivity index (χ4n) is 2.79. The fraction of sp³-hybridized carbons (Fsp3) is 0.500. The average molecular weight is 337 g/mol. The molecule has 124 valence electrons. The van der Waals surface area contributed by atoms with Gasteiger partial charge in [-0.1, -0.05) is 6.07 Å². The summed E-state index contributed by atoms with van der Waals surface area (Å²) in [6.45, 7) is 3.75. The van der Waals surface area contributed by atoms with E-state index in [0.717, 1.165) is 19.6 Å². The first-order chi connectivity index (χ1) is 11.1. The van der Waals surface area contributed by atoms with E-state index in [1.807, 2.05) is 11.0 Å². The predicted molar refractivity (Wildman–Crippen MR) is 89.4 cm³/mol. The minimum absolute atomic E-state index is 0.0173. The Bertz CT molecular complexity index is 739. The van der Waals surface area contributed by atoms with Crippen LogP contribution in [0.5, 0.6) is 0 Å². The minimum atomic E-state index is -0.793. The SMILES string of the molecule is C[S@@](=O)CCN1CCN(c2nc3ccccn3c2[N+](=O)[O-])CC1. The van der Waals surface area contributed by atoms with Crippen molar-refractivity contribution in [3.63, 3.8) is 0 Å². The largest absolute Gasteiger partial charge is 0.372 e. The molecule has 1 aliphatic rings. The van der Waals surface area contributed by atoms with Crippen LogP contribution in [0.4, 0.5) is 11.6 Å². The molecule has 1 aliphatic heterocycles. The zero-order valence-electron chi connectivity index (χ0n) is 12.9. The number of rotatable bonds is 5. The van der Waals surface area contributed by atoms with Crippen LogP contribution in [-0.4, -0.2) is 68.1 Å². The van der Waals surface area contributed by atoms with Crippen LogP contribution < -0.4 is 4.90 Å². The summed E-state index contributed by atoms with van der Waals surface area (Å²) in [6, 6.07) is 5.34. The van der Waals surface area contributed by atoms with Gasteiger partial charge in [0.1, 0.15) is 0 Å². The highest BCUT2D eigenvalue weighted by atomic mass is 32.2. The van der Waals surface area contributed by atoms with Gasteiger partial charge in [-0.15, -0.1) is 0 Å². The molecule has 0 bridgehead atoms. The van der Waals surface area contributed by atoms with Crippen LogP contribution in [0, 0.1) is 10.1 Å². The van der Waals surface area contributed by atoms with Gasteiger partial charge in [0.25, 0.3) is 0 Å². The van der Waals surface area contributed by atoms with Crippen molar-refractivity contribution in [2.24, 2.45) is 0 Å². The molecule has 0 radical (unpaired) electrons. The van der Waals surface area contributed by atoms with Crippen molar-refractivity contribution >= 4 is 28.1 Å². The van der Waals surface area contributed by atoms with E-state index in [1.54, 1.807) is 24.6 Å². The summed E-state index contributed by atoms with van der Waals surface area (Å²) < 4.78 is 12.7. The maximum Gasteiger partial charge on any atom is 0.372 e. The van der Waals surface area contributed by atoms with Crippen LogP contribution >= 0.6 is 0 Å². The third-order valence-electron chi connectivity index (χ3n) is 4.03. The minimum Gasteiger partial charge on any atom is -0.358 e. The summed E-state index contributed by atoms with van der Waals surface area (Å²) in [5.41, 5.74) is 0.581. The molecule has 0 N–H and O–H groups in total. The predicted octanol–water partition coefficient (Wildman–Crippen LogP) is 0.743. The average Bonchev–Trinajstić information content (AvgIpc) is 2.93. The molecule has 0 aliphatic carbocycles. The number of hydrogen-bond donors (Lipinski definition) is 0. The Hall–Kier alpha value is -2.00. The molecule has 0 unspecified atom stereocenters. The number of imidazole rings is 1. The molecule has 0 amide bonds. The van der Waals surface area contributed by atoms with Gasteiger partial charge in [-0.3, -0.25) is 9.11 Å². The highest BCUT2D eigenvalue weighted by Gasteiger charge is 2.29. The third kappa shape index (κ3) is 3.35. The fourth-order valence-corrected chi connectivity index (χ4v) is 3.31. The van der Waals surface area contributed by atoms with Gasteiger partial charge in [0.2, 0.25) is 11.5 Å². The Morgan fingerprint density at radius 3 is 2.70 bits per heavy atom. The summed E-state index contributed by atoms with van der Waals surface area (Å²) in [5.74, 6) is 1.11. The monoisotopic (exact) mass is 337 g/mol. The van der Waals surface area contributed by atoms with Crippen LogP contribution in [0.1, 0.15) is 0 Å². The molecule has 1 atom stereocenters. The Kier molecular flexibility index (Phi) is 4.58. The molecule has 0 saturated carbocycles. The lowest BCUT2D eigenvalue weighted by molar-refractivity contribution is -0.389. The van der Waals surface area contributed by atoms with E-state index in [4.69, 9.17) is 0 Å². The van der Waals surface area contributed by atoms with Gasteiger partial charge in [0.05, 0.1) is 6.20 Å². The number of aromatic nitrogens is 2. The normalized spacial score (nSPS) is 17.5. The highest BCUT2D eigenvalue weighted by molar-refractivity contribution is 7.84. The van der Waals surface area contributed by atoms with Crippen molar-refractivity contribution in [1.29, 1.82) is 0 Å². The molecule has 0 aromatic carbocycles.